The highest BCUT2D eigenvalue weighted by atomic mass is 32.2. The van der Waals surface area contributed by atoms with Crippen molar-refractivity contribution in [3.63, 3.8) is 0 Å². The molecule has 2 aromatic rings. The Balaban J connectivity index is 2.02. The molecule has 0 heterocycles. The molecule has 2 rings (SSSR count). The van der Waals surface area contributed by atoms with Crippen molar-refractivity contribution in [3.05, 3.63) is 54.3 Å². The van der Waals surface area contributed by atoms with Gasteiger partial charge in [0.1, 0.15) is 23.4 Å². The molecule has 5 N–H and O–H groups in total. The Labute approximate surface area is 162 Å². The molecule has 0 unspecified atom stereocenters. The second-order valence-corrected chi connectivity index (χ2v) is 7.65. The van der Waals surface area contributed by atoms with E-state index in [2.05, 4.69) is 0 Å². The third-order valence-corrected chi connectivity index (χ3v) is 5.20. The van der Waals surface area contributed by atoms with Gasteiger partial charge in [0.15, 0.2) is 0 Å². The molecule has 28 heavy (non-hydrogen) atoms. The van der Waals surface area contributed by atoms with Gasteiger partial charge >= 0.3 is 0 Å². The summed E-state index contributed by atoms with van der Waals surface area (Å²) < 4.78 is 45.0. The van der Waals surface area contributed by atoms with Crippen molar-refractivity contribution in [1.82, 2.24) is 10.2 Å². The SMILES string of the molecule is NCCCC[C@@H](NO)C(=O)NS(=O)(=O)c1ccc(Oc2ccc(F)cc2)cc1. The number of sulfonamides is 1. The maximum Gasteiger partial charge on any atom is 0.264 e. The first-order valence-corrected chi connectivity index (χ1v) is 10.0. The molecule has 0 spiro atoms. The Morgan fingerprint density at radius 1 is 1.07 bits per heavy atom. The molecule has 152 valence electrons. The zero-order valence-electron chi connectivity index (χ0n) is 15.0. The van der Waals surface area contributed by atoms with E-state index in [0.29, 0.717) is 30.9 Å². The highest BCUT2D eigenvalue weighted by Gasteiger charge is 2.24. The smallest absolute Gasteiger partial charge is 0.264 e. The lowest BCUT2D eigenvalue weighted by atomic mass is 10.1. The molecule has 0 aliphatic rings. The van der Waals surface area contributed by atoms with Gasteiger partial charge in [0.2, 0.25) is 0 Å². The second-order valence-electron chi connectivity index (χ2n) is 5.96. The molecule has 1 atom stereocenters. The van der Waals surface area contributed by atoms with Crippen molar-refractivity contribution in [1.29, 1.82) is 0 Å². The Morgan fingerprint density at radius 2 is 1.64 bits per heavy atom. The van der Waals surface area contributed by atoms with E-state index in [0.717, 1.165) is 0 Å². The molecule has 10 heteroatoms. The van der Waals surface area contributed by atoms with Crippen LogP contribution in [0.5, 0.6) is 11.5 Å². The number of nitrogens with two attached hydrogens (primary N) is 1. The first-order valence-electron chi connectivity index (χ1n) is 8.55. The van der Waals surface area contributed by atoms with Crippen LogP contribution >= 0.6 is 0 Å². The number of hydrogen-bond donors (Lipinski definition) is 4. The van der Waals surface area contributed by atoms with Crippen LogP contribution in [0.3, 0.4) is 0 Å². The van der Waals surface area contributed by atoms with Crippen LogP contribution in [-0.4, -0.2) is 32.1 Å². The lowest BCUT2D eigenvalue weighted by Gasteiger charge is -2.15. The van der Waals surface area contributed by atoms with E-state index >= 15 is 0 Å². The number of rotatable bonds is 10. The van der Waals surface area contributed by atoms with E-state index in [1.165, 1.54) is 48.5 Å². The number of hydrogen-bond acceptors (Lipinski definition) is 7. The molecule has 2 aromatic carbocycles. The number of carbonyl (C=O) groups is 1. The van der Waals surface area contributed by atoms with Crippen molar-refractivity contribution in [3.8, 4) is 11.5 Å². The lowest BCUT2D eigenvalue weighted by molar-refractivity contribution is -0.124. The minimum absolute atomic E-state index is 0.147. The summed E-state index contributed by atoms with van der Waals surface area (Å²) in [5.41, 5.74) is 7.18. The highest BCUT2D eigenvalue weighted by Crippen LogP contribution is 2.23. The number of ether oxygens (including phenoxy) is 1. The van der Waals surface area contributed by atoms with E-state index in [4.69, 9.17) is 15.7 Å². The van der Waals surface area contributed by atoms with Gasteiger partial charge in [0.25, 0.3) is 15.9 Å². The van der Waals surface area contributed by atoms with Gasteiger partial charge < -0.3 is 15.7 Å². The van der Waals surface area contributed by atoms with Crippen LogP contribution in [0, 0.1) is 5.82 Å². The summed E-state index contributed by atoms with van der Waals surface area (Å²) in [7, 11) is -4.12. The minimum atomic E-state index is -4.12. The van der Waals surface area contributed by atoms with Crippen LogP contribution in [0.4, 0.5) is 4.39 Å². The highest BCUT2D eigenvalue weighted by molar-refractivity contribution is 7.90. The van der Waals surface area contributed by atoms with Gasteiger partial charge in [-0.3, -0.25) is 4.79 Å². The Bertz CT molecular complexity index is 873. The number of nitrogens with one attached hydrogen (secondary N) is 2. The van der Waals surface area contributed by atoms with Gasteiger partial charge in [-0.1, -0.05) is 6.42 Å². The van der Waals surface area contributed by atoms with Gasteiger partial charge in [0, 0.05) is 0 Å². The third-order valence-electron chi connectivity index (χ3n) is 3.84. The quantitative estimate of drug-likeness (QED) is 0.347. The molecular formula is C18H22FN3O5S. The maximum atomic E-state index is 12.9. The first-order chi connectivity index (χ1) is 13.4. The summed E-state index contributed by atoms with van der Waals surface area (Å²) in [5, 5.41) is 9.08. The molecule has 0 saturated heterocycles. The monoisotopic (exact) mass is 411 g/mol. The van der Waals surface area contributed by atoms with E-state index in [9.17, 15) is 17.6 Å². The molecule has 0 saturated carbocycles. The predicted octanol–water partition coefficient (Wildman–Crippen LogP) is 1.90. The average Bonchev–Trinajstić information content (AvgIpc) is 2.67. The molecular weight excluding hydrogens is 389 g/mol. The largest absolute Gasteiger partial charge is 0.457 e. The summed E-state index contributed by atoms with van der Waals surface area (Å²) in [4.78, 5) is 11.9. The van der Waals surface area contributed by atoms with E-state index < -0.39 is 27.8 Å². The van der Waals surface area contributed by atoms with Crippen molar-refractivity contribution in [2.24, 2.45) is 5.73 Å². The number of halogens is 1. The molecule has 0 bridgehead atoms. The second kappa shape index (κ2) is 10.1. The minimum Gasteiger partial charge on any atom is -0.457 e. The summed E-state index contributed by atoms with van der Waals surface area (Å²) in [6.07, 6.45) is 1.44. The molecule has 0 aromatic heterocycles. The average molecular weight is 411 g/mol. The Hall–Kier alpha value is -2.53. The topological polar surface area (TPSA) is 131 Å². The normalized spacial score (nSPS) is 12.4. The number of benzene rings is 2. The van der Waals surface area contributed by atoms with E-state index in [1.54, 1.807) is 0 Å². The van der Waals surface area contributed by atoms with E-state index in [1.807, 2.05) is 10.2 Å². The fraction of sp³-hybridized carbons (Fsp3) is 0.278. The lowest BCUT2D eigenvalue weighted by Crippen LogP contribution is -2.45. The van der Waals surface area contributed by atoms with Crippen LogP contribution in [0.1, 0.15) is 19.3 Å². The number of hydroxylamine groups is 1. The molecule has 1 amide bonds. The van der Waals surface area contributed by atoms with Crippen LogP contribution in [0.25, 0.3) is 0 Å². The molecule has 8 nitrogen and oxygen atoms in total. The number of unbranched alkanes of at least 4 members (excludes halogenated alkanes) is 1. The maximum absolute atomic E-state index is 12.9. The molecule has 0 radical (unpaired) electrons. The van der Waals surface area contributed by atoms with Crippen molar-refractivity contribution >= 4 is 15.9 Å². The summed E-state index contributed by atoms with van der Waals surface area (Å²) in [5.74, 6) is -0.539. The summed E-state index contributed by atoms with van der Waals surface area (Å²) in [6, 6.07) is 9.64. The first kappa shape index (κ1) is 21.8. The summed E-state index contributed by atoms with van der Waals surface area (Å²) >= 11 is 0. The van der Waals surface area contributed by atoms with Crippen molar-refractivity contribution < 1.29 is 27.5 Å². The fourth-order valence-electron chi connectivity index (χ4n) is 2.34. The van der Waals surface area contributed by atoms with Gasteiger partial charge in [-0.2, -0.15) is 5.48 Å². The summed E-state index contributed by atoms with van der Waals surface area (Å²) in [6.45, 7) is 0.435. The number of carbonyl (C=O) groups excluding carboxylic acids is 1. The van der Waals surface area contributed by atoms with Gasteiger partial charge in [-0.15, -0.1) is 0 Å². The fourth-order valence-corrected chi connectivity index (χ4v) is 3.35. The van der Waals surface area contributed by atoms with Crippen molar-refractivity contribution in [2.45, 2.75) is 30.2 Å². The molecule has 0 aliphatic carbocycles. The van der Waals surface area contributed by atoms with Gasteiger partial charge in [-0.05, 0) is 67.9 Å². The van der Waals surface area contributed by atoms with Crippen LogP contribution in [-0.2, 0) is 14.8 Å². The molecule has 0 aliphatic heterocycles. The van der Waals surface area contributed by atoms with Crippen LogP contribution < -0.4 is 20.7 Å². The van der Waals surface area contributed by atoms with E-state index in [-0.39, 0.29) is 11.3 Å². The van der Waals surface area contributed by atoms with Crippen LogP contribution in [0.15, 0.2) is 53.4 Å². The molecule has 0 fully saturated rings. The van der Waals surface area contributed by atoms with Gasteiger partial charge in [0.05, 0.1) is 4.90 Å². The van der Waals surface area contributed by atoms with Crippen molar-refractivity contribution in [2.75, 3.05) is 6.54 Å². The standard InChI is InChI=1S/C18H22FN3O5S/c19-13-4-6-14(7-5-13)27-15-8-10-16(11-9-15)28(25,26)22-18(23)17(21-24)3-1-2-12-20/h4-11,17,21,24H,1-3,12,20H2,(H,22,23)/t17-/m1/s1. The Morgan fingerprint density at radius 3 is 2.18 bits per heavy atom. The number of amides is 1. The van der Waals surface area contributed by atoms with Gasteiger partial charge in [-0.25, -0.2) is 17.5 Å². The zero-order chi connectivity index (χ0) is 20.6. The third kappa shape index (κ3) is 6.27. The predicted molar refractivity (Wildman–Crippen MR) is 99.9 cm³/mol. The Kier molecular flexibility index (Phi) is 7.88. The van der Waals surface area contributed by atoms with Crippen LogP contribution in [0.2, 0.25) is 0 Å². The zero-order valence-corrected chi connectivity index (χ0v) is 15.8.